The van der Waals surface area contributed by atoms with Crippen molar-refractivity contribution in [2.75, 3.05) is 43.2 Å². The third-order valence-electron chi connectivity index (χ3n) is 10.9. The van der Waals surface area contributed by atoms with E-state index in [0.717, 1.165) is 24.9 Å². The van der Waals surface area contributed by atoms with Gasteiger partial charge in [0, 0.05) is 11.9 Å². The number of nitrogens with zero attached hydrogens (tertiary/aromatic N) is 6. The number of aromatic nitrogens is 6. The maximum Gasteiger partial charge on any atom is 0.472 e. The molecule has 406 valence electrons. The lowest BCUT2D eigenvalue weighted by Gasteiger charge is -2.26. The van der Waals surface area contributed by atoms with Gasteiger partial charge in [-0.3, -0.25) is 27.5 Å². The highest BCUT2D eigenvalue weighted by atomic mass is 31.2. The Morgan fingerprint density at radius 1 is 0.880 bits per heavy atom. The third kappa shape index (κ3) is 15.1. The topological polar surface area (TPSA) is 435 Å². The van der Waals surface area contributed by atoms with Crippen molar-refractivity contribution in [3.63, 3.8) is 0 Å². The second-order valence-corrected chi connectivity index (χ2v) is 20.1. The summed E-state index contributed by atoms with van der Waals surface area (Å²) in [5.41, 5.74) is 10.5. The van der Waals surface area contributed by atoms with Crippen molar-refractivity contribution in [2.45, 2.75) is 87.6 Å². The van der Waals surface area contributed by atoms with Gasteiger partial charge < -0.3 is 75.8 Å². The molecule has 12 N–H and O–H groups in total. The quantitative estimate of drug-likeness (QED) is 0.0314. The SMILES string of the molecule is CC(C)(O)COC[C@H](NC(=O)OCc1ccc(NC(=O)Cc2ccc(F)cc2)cc1)C(=O)O[C@H]1[C@@H](O)[C@H](n2cnc3c(N)ncnc32)O[C@@H]1COP(=O)(O)O[C@H]1[C@@H](O)[C@H](n2ccc(N)nc2=O)O[C@@H]1COP(=O)(O)O. The predicted octanol–water partition coefficient (Wildman–Crippen LogP) is -0.310. The summed E-state index contributed by atoms with van der Waals surface area (Å²) in [6, 6.07) is 11.0. The van der Waals surface area contributed by atoms with Crippen LogP contribution in [0.5, 0.6) is 0 Å². The van der Waals surface area contributed by atoms with Crippen molar-refractivity contribution in [3.05, 3.63) is 101 Å². The summed E-state index contributed by atoms with van der Waals surface area (Å²) in [7, 11) is -10.7. The lowest BCUT2D eigenvalue weighted by atomic mass is 10.1. The maximum atomic E-state index is 14.1. The lowest BCUT2D eigenvalue weighted by Crippen LogP contribution is -2.49. The number of ether oxygens (including phenoxy) is 5. The van der Waals surface area contributed by atoms with E-state index in [1.54, 1.807) is 12.1 Å². The van der Waals surface area contributed by atoms with Gasteiger partial charge in [0.25, 0.3) is 0 Å². The van der Waals surface area contributed by atoms with Crippen molar-refractivity contribution < 1.29 is 95.2 Å². The van der Waals surface area contributed by atoms with E-state index in [1.807, 2.05) is 0 Å². The third-order valence-corrected chi connectivity index (χ3v) is 12.4. The number of esters is 1. The molecule has 2 saturated heterocycles. The molecule has 3 aromatic heterocycles. The molecule has 75 heavy (non-hydrogen) atoms. The van der Waals surface area contributed by atoms with E-state index in [4.69, 9.17) is 44.2 Å². The number of hydrogen-bond donors (Lipinski definition) is 10. The van der Waals surface area contributed by atoms with Crippen LogP contribution < -0.4 is 27.8 Å². The normalized spacial score (nSPS) is 23.1. The number of nitrogens with two attached hydrogens (primary N) is 2. The van der Waals surface area contributed by atoms with Gasteiger partial charge in [-0.1, -0.05) is 24.3 Å². The van der Waals surface area contributed by atoms with E-state index < -0.39 is 120 Å². The molecule has 0 saturated carbocycles. The summed E-state index contributed by atoms with van der Waals surface area (Å²) >= 11 is 0. The number of rotatable bonds is 22. The van der Waals surface area contributed by atoms with Gasteiger partial charge in [0.2, 0.25) is 5.91 Å². The van der Waals surface area contributed by atoms with Crippen molar-refractivity contribution >= 4 is 62.1 Å². The number of aliphatic hydroxyl groups is 3. The first-order valence-corrected chi connectivity index (χ1v) is 25.2. The largest absolute Gasteiger partial charge is 0.472 e. The molecule has 2 aromatic carbocycles. The highest BCUT2D eigenvalue weighted by molar-refractivity contribution is 7.47. The number of anilines is 3. The van der Waals surface area contributed by atoms with E-state index in [1.165, 1.54) is 54.8 Å². The van der Waals surface area contributed by atoms with Crippen LogP contribution >= 0.6 is 15.6 Å². The summed E-state index contributed by atoms with van der Waals surface area (Å²) < 4.78 is 83.6. The average Bonchev–Trinajstić information content (AvgIpc) is 4.00. The van der Waals surface area contributed by atoms with Crippen molar-refractivity contribution in [2.24, 2.45) is 0 Å². The van der Waals surface area contributed by atoms with Crippen molar-refractivity contribution in [1.29, 1.82) is 0 Å². The summed E-state index contributed by atoms with van der Waals surface area (Å²) in [5.74, 6) is -2.40. The van der Waals surface area contributed by atoms with Crippen molar-refractivity contribution in [3.8, 4) is 0 Å². The van der Waals surface area contributed by atoms with Crippen LogP contribution in [0.2, 0.25) is 0 Å². The second kappa shape index (κ2) is 23.6. The molecular weight excluding hydrogens is 1050 g/mol. The molecule has 0 spiro atoms. The predicted molar refractivity (Wildman–Crippen MR) is 250 cm³/mol. The Hall–Kier alpha value is -6.41. The Morgan fingerprint density at radius 3 is 2.19 bits per heavy atom. The van der Waals surface area contributed by atoms with Gasteiger partial charge in [0.1, 0.15) is 60.6 Å². The van der Waals surface area contributed by atoms with Crippen LogP contribution in [0.25, 0.3) is 11.2 Å². The highest BCUT2D eigenvalue weighted by Gasteiger charge is 2.52. The number of nitrogens with one attached hydrogen (secondary N) is 2. The average molecular weight is 1100 g/mol. The van der Waals surface area contributed by atoms with E-state index >= 15 is 0 Å². The number of alkyl carbamates (subject to hydrolysis) is 1. The Labute approximate surface area is 422 Å². The van der Waals surface area contributed by atoms with Gasteiger partial charge in [-0.15, -0.1) is 0 Å². The van der Waals surface area contributed by atoms with E-state index in [2.05, 4.69) is 35.1 Å². The fraction of sp³-hybridized carbons (Fsp3) is 0.429. The molecule has 1 unspecified atom stereocenters. The molecular formula is C42H51FN10O20P2. The zero-order chi connectivity index (χ0) is 54.4. The number of amides is 2. The van der Waals surface area contributed by atoms with Gasteiger partial charge in [-0.25, -0.2) is 42.9 Å². The first kappa shape index (κ1) is 56.3. The molecule has 30 nitrogen and oxygen atoms in total. The number of halogens is 1. The number of carbonyl (C=O) groups excluding carboxylic acids is 3. The number of imidazole rings is 1. The lowest BCUT2D eigenvalue weighted by molar-refractivity contribution is -0.161. The monoisotopic (exact) mass is 1100 g/mol. The standard InChI is InChI=1S/C42H51FN10O20P2/c1-42(2,60)18-66-15-25(50-41(59)67-14-22-5-9-24(10-6-22)49-29(54)13-21-3-7-23(43)8-4-21)39(57)72-33-26(70-38(31(33)55)53-20-48-30-35(45)46-19-47-36(30)53)17-69-75(64,65)73-34-27(16-68-74(61,62)63)71-37(32(34)56)52-12-11-28(44)51-40(52)58/h3-12,19-20,25-27,31-34,37-38,55-56,60H,13-18H2,1-2H3,(H,49,54)(H,50,59)(H,64,65)(H2,44,51,58)(H2,45,46,47)(H2,61,62,63)/t25-,26+,27+,31+,32+,33+,34+,37+,38+/m0/s1. The molecule has 10 atom stereocenters. The molecule has 33 heteroatoms. The van der Waals surface area contributed by atoms with E-state index in [-0.39, 0.29) is 48.3 Å². The molecule has 7 rings (SSSR count). The van der Waals surface area contributed by atoms with Crippen molar-refractivity contribution in [1.82, 2.24) is 34.4 Å². The second-order valence-electron chi connectivity index (χ2n) is 17.4. The molecule has 5 aromatic rings. The summed E-state index contributed by atoms with van der Waals surface area (Å²) in [6.07, 6.45) is -12.6. The first-order valence-electron chi connectivity index (χ1n) is 22.2. The van der Waals surface area contributed by atoms with Crippen LogP contribution in [0, 0.1) is 5.82 Å². The Bertz CT molecular complexity index is 2980. The zero-order valence-corrected chi connectivity index (χ0v) is 41.2. The zero-order valence-electron chi connectivity index (χ0n) is 39.4. The number of benzene rings is 2. The molecule has 5 heterocycles. The Balaban J connectivity index is 1.06. The number of phosphoric acid groups is 2. The molecule has 0 aliphatic carbocycles. The van der Waals surface area contributed by atoms with Crippen LogP contribution in [0.3, 0.4) is 0 Å². The van der Waals surface area contributed by atoms with Gasteiger partial charge in [-0.2, -0.15) is 4.98 Å². The van der Waals surface area contributed by atoms with Gasteiger partial charge in [-0.05, 0) is 55.3 Å². The molecule has 2 amide bonds. The minimum Gasteiger partial charge on any atom is -0.455 e. The number of fused-ring (bicyclic) bond motifs is 1. The fourth-order valence-corrected chi connectivity index (χ4v) is 8.77. The maximum absolute atomic E-state index is 14.1. The summed E-state index contributed by atoms with van der Waals surface area (Å²) in [6.45, 7) is -0.713. The number of nitrogen functional groups attached to an aromatic ring is 2. The van der Waals surface area contributed by atoms with E-state index in [9.17, 15) is 62.7 Å². The number of phosphoric ester groups is 2. The van der Waals surface area contributed by atoms with Crippen LogP contribution in [-0.4, -0.2) is 152 Å². The minimum atomic E-state index is -5.52. The number of carbonyl (C=O) groups is 3. The van der Waals surface area contributed by atoms with Crippen LogP contribution in [-0.2, 0) is 69.0 Å². The first-order chi connectivity index (χ1) is 35.3. The number of hydrogen-bond acceptors (Lipinski definition) is 23. The van der Waals surface area contributed by atoms with Crippen LogP contribution in [0.1, 0.15) is 37.4 Å². The smallest absolute Gasteiger partial charge is 0.455 e. The molecule has 2 aliphatic heterocycles. The minimum absolute atomic E-state index is 0.0154. The van der Waals surface area contributed by atoms with Crippen LogP contribution in [0.15, 0.2) is 78.2 Å². The summed E-state index contributed by atoms with van der Waals surface area (Å²) in [5, 5.41) is 38.3. The number of aliphatic hydroxyl groups excluding tert-OH is 2. The van der Waals surface area contributed by atoms with Gasteiger partial charge in [0.05, 0.1) is 44.8 Å². The van der Waals surface area contributed by atoms with E-state index in [0.29, 0.717) is 21.4 Å². The van der Waals surface area contributed by atoms with Gasteiger partial charge in [0.15, 0.2) is 36.1 Å². The highest BCUT2D eigenvalue weighted by Crippen LogP contribution is 2.50. The molecule has 0 radical (unpaired) electrons. The van der Waals surface area contributed by atoms with Crippen LogP contribution in [0.4, 0.5) is 26.5 Å². The fourth-order valence-electron chi connectivity index (χ4n) is 7.46. The molecule has 2 fully saturated rings. The molecule has 2 aliphatic rings. The Kier molecular flexibility index (Phi) is 17.8. The summed E-state index contributed by atoms with van der Waals surface area (Å²) in [4.78, 5) is 97.9. The Morgan fingerprint density at radius 2 is 1.52 bits per heavy atom. The molecule has 0 bridgehead atoms. The van der Waals surface area contributed by atoms with Gasteiger partial charge >= 0.3 is 33.4 Å².